The van der Waals surface area contributed by atoms with Crippen molar-refractivity contribution in [3.8, 4) is 20.9 Å². The summed E-state index contributed by atoms with van der Waals surface area (Å²) in [5, 5.41) is 4.20. The molecule has 0 N–H and O–H groups in total. The summed E-state index contributed by atoms with van der Waals surface area (Å²) in [6.45, 7) is 0. The van der Waals surface area contributed by atoms with Gasteiger partial charge in [-0.3, -0.25) is 0 Å². The maximum Gasteiger partial charge on any atom is 0.0987 e. The molecule has 0 aliphatic heterocycles. The molecule has 5 aromatic rings. The molecule has 2 aromatic carbocycles. The predicted octanol–water partition coefficient (Wildman–Crippen LogP) is 6.24. The molecule has 0 fully saturated rings. The third-order valence-corrected chi connectivity index (χ3v) is 5.88. The van der Waals surface area contributed by atoms with Crippen molar-refractivity contribution in [2.45, 2.75) is 0 Å². The van der Waals surface area contributed by atoms with Gasteiger partial charge in [-0.05, 0) is 35.0 Å². The van der Waals surface area contributed by atoms with Crippen LogP contribution in [0.5, 0.6) is 0 Å². The second-order valence-corrected chi connectivity index (χ2v) is 7.42. The highest BCUT2D eigenvalue weighted by atomic mass is 32.1. The normalized spacial score (nSPS) is 11.3. The smallest absolute Gasteiger partial charge is 0.0987 e. The summed E-state index contributed by atoms with van der Waals surface area (Å²) in [6.07, 6.45) is 0. The molecule has 3 aromatic heterocycles. The minimum atomic E-state index is 0.936. The molecule has 2 nitrogen and oxygen atoms in total. The van der Waals surface area contributed by atoms with Crippen molar-refractivity contribution in [3.05, 3.63) is 71.4 Å². The van der Waals surface area contributed by atoms with Crippen LogP contribution in [-0.4, -0.2) is 9.97 Å². The zero-order valence-corrected chi connectivity index (χ0v) is 14.3. The number of rotatable bonds is 2. The van der Waals surface area contributed by atoms with Crippen LogP contribution in [0.4, 0.5) is 0 Å². The Morgan fingerprint density at radius 2 is 1.04 bits per heavy atom. The molecule has 5 rings (SSSR count). The van der Waals surface area contributed by atoms with Crippen molar-refractivity contribution < 1.29 is 0 Å². The average Bonchev–Trinajstić information content (AvgIpc) is 3.32. The van der Waals surface area contributed by atoms with Crippen molar-refractivity contribution in [1.82, 2.24) is 9.97 Å². The summed E-state index contributed by atoms with van der Waals surface area (Å²) < 4.78 is 0. The van der Waals surface area contributed by atoms with Gasteiger partial charge in [0.15, 0.2) is 0 Å². The van der Waals surface area contributed by atoms with Gasteiger partial charge in [0.1, 0.15) is 0 Å². The predicted molar refractivity (Wildman–Crippen MR) is 104 cm³/mol. The van der Waals surface area contributed by atoms with E-state index in [0.29, 0.717) is 0 Å². The highest BCUT2D eigenvalue weighted by molar-refractivity contribution is 7.14. The molecule has 3 heterocycles. The largest absolute Gasteiger partial charge is 0.244 e. The summed E-state index contributed by atoms with van der Waals surface area (Å²) in [6, 6.07) is 20.9. The quantitative estimate of drug-likeness (QED) is 0.354. The Bertz CT molecular complexity index is 1050. The number of aromatic nitrogens is 2. The minimum Gasteiger partial charge on any atom is -0.244 e. The van der Waals surface area contributed by atoms with Crippen molar-refractivity contribution in [3.63, 3.8) is 0 Å². The number of nitrogens with zero attached hydrogens (tertiary/aromatic N) is 2. The molecule has 24 heavy (non-hydrogen) atoms. The van der Waals surface area contributed by atoms with Crippen molar-refractivity contribution >= 4 is 44.7 Å². The lowest BCUT2D eigenvalue weighted by Crippen LogP contribution is -1.92. The van der Waals surface area contributed by atoms with Gasteiger partial charge in [-0.1, -0.05) is 36.4 Å². The van der Waals surface area contributed by atoms with Crippen LogP contribution in [-0.2, 0) is 0 Å². The van der Waals surface area contributed by atoms with E-state index < -0.39 is 0 Å². The summed E-state index contributed by atoms with van der Waals surface area (Å²) in [5.41, 5.74) is 6.12. The molecule has 114 valence electrons. The first-order chi connectivity index (χ1) is 11.9. The molecular formula is C20H12N2S2. The highest BCUT2D eigenvalue weighted by Crippen LogP contribution is 2.37. The van der Waals surface area contributed by atoms with E-state index in [0.717, 1.165) is 33.2 Å². The van der Waals surface area contributed by atoms with E-state index in [4.69, 9.17) is 9.97 Å². The molecule has 0 bridgehead atoms. The highest BCUT2D eigenvalue weighted by Gasteiger charge is 2.14. The second-order valence-electron chi connectivity index (χ2n) is 5.52. The number of hydrogen-bond donors (Lipinski definition) is 0. The van der Waals surface area contributed by atoms with Crippen LogP contribution < -0.4 is 0 Å². The minimum absolute atomic E-state index is 0.936. The van der Waals surface area contributed by atoms with E-state index in [1.165, 1.54) is 9.75 Å². The molecule has 0 amide bonds. The maximum atomic E-state index is 4.95. The van der Waals surface area contributed by atoms with Crippen LogP contribution in [0, 0.1) is 0 Å². The lowest BCUT2D eigenvalue weighted by atomic mass is 10.0. The fraction of sp³-hybridized carbons (Fsp3) is 0. The Kier molecular flexibility index (Phi) is 3.18. The lowest BCUT2D eigenvalue weighted by molar-refractivity contribution is 1.40. The second kappa shape index (κ2) is 5.51. The Morgan fingerprint density at radius 3 is 1.46 bits per heavy atom. The van der Waals surface area contributed by atoms with Gasteiger partial charge in [0, 0.05) is 20.9 Å². The van der Waals surface area contributed by atoms with E-state index in [1.807, 2.05) is 24.3 Å². The molecular weight excluding hydrogens is 332 g/mol. The molecule has 0 aliphatic rings. The van der Waals surface area contributed by atoms with Gasteiger partial charge in [-0.15, -0.1) is 22.7 Å². The molecule has 0 atom stereocenters. The van der Waals surface area contributed by atoms with Crippen molar-refractivity contribution in [1.29, 1.82) is 0 Å². The van der Waals surface area contributed by atoms with Crippen LogP contribution >= 0.6 is 22.7 Å². The van der Waals surface area contributed by atoms with Crippen molar-refractivity contribution in [2.24, 2.45) is 0 Å². The van der Waals surface area contributed by atoms with E-state index >= 15 is 0 Å². The first-order valence-electron chi connectivity index (χ1n) is 7.67. The zero-order valence-electron chi connectivity index (χ0n) is 12.6. The standard InChI is InChI=1S/C20H12N2S2/c1-2-6-16-15(5-1)21-19-13(17-7-3-11-23-17)9-10-14(20(19)22-16)18-8-4-12-24-18/h1-12H. The van der Waals surface area contributed by atoms with Gasteiger partial charge in [-0.2, -0.15) is 0 Å². The molecule has 0 spiro atoms. The van der Waals surface area contributed by atoms with Crippen LogP contribution in [0.15, 0.2) is 71.4 Å². The number of hydrogen-bond acceptors (Lipinski definition) is 4. The van der Waals surface area contributed by atoms with Crippen LogP contribution in [0.25, 0.3) is 42.9 Å². The Morgan fingerprint density at radius 1 is 0.542 bits per heavy atom. The first kappa shape index (κ1) is 13.8. The molecule has 0 radical (unpaired) electrons. The summed E-state index contributed by atoms with van der Waals surface area (Å²) >= 11 is 3.47. The number of para-hydroxylation sites is 2. The van der Waals surface area contributed by atoms with E-state index in [9.17, 15) is 0 Å². The number of thiophene rings is 2. The zero-order chi connectivity index (χ0) is 15.9. The van der Waals surface area contributed by atoms with Gasteiger partial charge < -0.3 is 0 Å². The third kappa shape index (κ3) is 2.15. The molecule has 4 heteroatoms. The van der Waals surface area contributed by atoms with Crippen LogP contribution in [0.1, 0.15) is 0 Å². The molecule has 0 unspecified atom stereocenters. The number of fused-ring (bicyclic) bond motifs is 2. The fourth-order valence-corrected chi connectivity index (χ4v) is 4.47. The Labute approximate surface area is 147 Å². The summed E-state index contributed by atoms with van der Waals surface area (Å²) in [5.74, 6) is 0. The topological polar surface area (TPSA) is 25.8 Å². The van der Waals surface area contributed by atoms with Gasteiger partial charge in [0.25, 0.3) is 0 Å². The Hall–Kier alpha value is -2.56. The molecule has 0 saturated carbocycles. The molecule has 0 saturated heterocycles. The van der Waals surface area contributed by atoms with Crippen molar-refractivity contribution in [2.75, 3.05) is 0 Å². The first-order valence-corrected chi connectivity index (χ1v) is 9.43. The summed E-state index contributed by atoms with van der Waals surface area (Å²) in [4.78, 5) is 12.4. The SMILES string of the molecule is c1csc(-c2ccc(-c3cccs3)c3nc4ccccc4nc23)c1. The summed E-state index contributed by atoms with van der Waals surface area (Å²) in [7, 11) is 0. The average molecular weight is 344 g/mol. The number of benzene rings is 2. The van der Waals surface area contributed by atoms with Gasteiger partial charge in [0.2, 0.25) is 0 Å². The van der Waals surface area contributed by atoms with Crippen LogP contribution in [0.3, 0.4) is 0 Å². The van der Waals surface area contributed by atoms with Gasteiger partial charge in [-0.25, -0.2) is 9.97 Å². The fourth-order valence-electron chi connectivity index (χ4n) is 2.96. The van der Waals surface area contributed by atoms with E-state index in [-0.39, 0.29) is 0 Å². The lowest BCUT2D eigenvalue weighted by Gasteiger charge is -2.09. The van der Waals surface area contributed by atoms with Crippen LogP contribution in [0.2, 0.25) is 0 Å². The van der Waals surface area contributed by atoms with Gasteiger partial charge >= 0.3 is 0 Å². The Balaban J connectivity index is 1.93. The van der Waals surface area contributed by atoms with E-state index in [1.54, 1.807) is 22.7 Å². The maximum absolute atomic E-state index is 4.95. The molecule has 0 aliphatic carbocycles. The van der Waals surface area contributed by atoms with E-state index in [2.05, 4.69) is 47.2 Å². The third-order valence-electron chi connectivity index (χ3n) is 4.07. The van der Waals surface area contributed by atoms with Gasteiger partial charge in [0.05, 0.1) is 22.1 Å². The monoisotopic (exact) mass is 344 g/mol.